The highest BCUT2D eigenvalue weighted by Crippen LogP contribution is 2.22. The zero-order valence-electron chi connectivity index (χ0n) is 11.5. The molecule has 1 aliphatic heterocycles. The van der Waals surface area contributed by atoms with E-state index >= 15 is 0 Å². The molecule has 0 saturated carbocycles. The van der Waals surface area contributed by atoms with Crippen LogP contribution in [-0.2, 0) is 0 Å². The predicted molar refractivity (Wildman–Crippen MR) is 83.4 cm³/mol. The maximum absolute atomic E-state index is 5.19. The highest BCUT2D eigenvalue weighted by atomic mass is 16.5. The molecular formula is C18H17NO. The van der Waals surface area contributed by atoms with E-state index in [1.165, 1.54) is 16.7 Å². The summed E-state index contributed by atoms with van der Waals surface area (Å²) in [6.45, 7) is 0.881. The Morgan fingerprint density at radius 1 is 1.00 bits per heavy atom. The third-order valence-electron chi connectivity index (χ3n) is 3.46. The van der Waals surface area contributed by atoms with Crippen LogP contribution in [0.3, 0.4) is 0 Å². The van der Waals surface area contributed by atoms with Crippen molar-refractivity contribution in [1.82, 2.24) is 0 Å². The second-order valence-corrected chi connectivity index (χ2v) is 4.79. The van der Waals surface area contributed by atoms with Gasteiger partial charge in [0.1, 0.15) is 5.75 Å². The van der Waals surface area contributed by atoms with Gasteiger partial charge in [-0.25, -0.2) is 0 Å². The number of aliphatic imine (C=N–C) groups is 1. The summed E-state index contributed by atoms with van der Waals surface area (Å²) >= 11 is 0. The first kappa shape index (κ1) is 12.7. The Bertz CT molecular complexity index is 639. The third-order valence-corrected chi connectivity index (χ3v) is 3.46. The Kier molecular flexibility index (Phi) is 3.64. The molecule has 0 amide bonds. The maximum Gasteiger partial charge on any atom is 0.118 e. The van der Waals surface area contributed by atoms with Crippen LogP contribution in [0.25, 0.3) is 6.08 Å². The molecular weight excluding hydrogens is 246 g/mol. The first-order valence-electron chi connectivity index (χ1n) is 6.82. The topological polar surface area (TPSA) is 21.6 Å². The van der Waals surface area contributed by atoms with Gasteiger partial charge in [-0.3, -0.25) is 4.99 Å². The molecule has 0 bridgehead atoms. The molecule has 0 radical (unpaired) electrons. The van der Waals surface area contributed by atoms with Gasteiger partial charge in [-0.2, -0.15) is 0 Å². The van der Waals surface area contributed by atoms with E-state index in [0.717, 1.165) is 24.4 Å². The zero-order valence-corrected chi connectivity index (χ0v) is 11.5. The van der Waals surface area contributed by atoms with Gasteiger partial charge < -0.3 is 4.74 Å². The molecule has 2 aromatic rings. The first-order chi connectivity index (χ1) is 9.86. The molecule has 0 unspecified atom stereocenters. The number of ether oxygens (including phenoxy) is 1. The van der Waals surface area contributed by atoms with Gasteiger partial charge >= 0.3 is 0 Å². The number of nitrogens with zero attached hydrogens (tertiary/aromatic N) is 1. The maximum atomic E-state index is 5.19. The number of hydrogen-bond donors (Lipinski definition) is 0. The van der Waals surface area contributed by atoms with Gasteiger partial charge in [0.15, 0.2) is 0 Å². The monoisotopic (exact) mass is 263 g/mol. The van der Waals surface area contributed by atoms with E-state index in [9.17, 15) is 0 Å². The van der Waals surface area contributed by atoms with Crippen LogP contribution in [0.5, 0.6) is 5.75 Å². The Hall–Kier alpha value is -2.35. The van der Waals surface area contributed by atoms with Crippen molar-refractivity contribution in [3.63, 3.8) is 0 Å². The molecule has 3 rings (SSSR count). The Labute approximate surface area is 119 Å². The van der Waals surface area contributed by atoms with Gasteiger partial charge in [0.2, 0.25) is 0 Å². The Morgan fingerprint density at radius 3 is 2.45 bits per heavy atom. The van der Waals surface area contributed by atoms with Crippen LogP contribution in [0, 0.1) is 0 Å². The van der Waals surface area contributed by atoms with Crippen LogP contribution < -0.4 is 4.74 Å². The van der Waals surface area contributed by atoms with Crippen molar-refractivity contribution in [1.29, 1.82) is 0 Å². The normalized spacial score (nSPS) is 16.2. The molecule has 20 heavy (non-hydrogen) atoms. The lowest BCUT2D eigenvalue weighted by molar-refractivity contribution is 0.415. The van der Waals surface area contributed by atoms with Crippen molar-refractivity contribution in [3.05, 3.63) is 71.3 Å². The van der Waals surface area contributed by atoms with Gasteiger partial charge in [0, 0.05) is 6.54 Å². The van der Waals surface area contributed by atoms with Gasteiger partial charge in [-0.15, -0.1) is 0 Å². The van der Waals surface area contributed by atoms with E-state index in [0.29, 0.717) is 0 Å². The fourth-order valence-corrected chi connectivity index (χ4v) is 2.42. The van der Waals surface area contributed by atoms with Crippen molar-refractivity contribution < 1.29 is 4.74 Å². The molecule has 0 fully saturated rings. The van der Waals surface area contributed by atoms with Gasteiger partial charge in [0.25, 0.3) is 0 Å². The largest absolute Gasteiger partial charge is 0.497 e. The Balaban J connectivity index is 1.89. The zero-order chi connectivity index (χ0) is 13.8. The molecule has 0 aliphatic carbocycles. The minimum atomic E-state index is 0.881. The summed E-state index contributed by atoms with van der Waals surface area (Å²) in [7, 11) is 1.69. The summed E-state index contributed by atoms with van der Waals surface area (Å²) in [5, 5.41) is 0. The molecule has 2 aromatic carbocycles. The number of methoxy groups -OCH3 is 1. The summed E-state index contributed by atoms with van der Waals surface area (Å²) in [5.74, 6) is 0.885. The van der Waals surface area contributed by atoms with E-state index in [2.05, 4.69) is 47.5 Å². The summed E-state index contributed by atoms with van der Waals surface area (Å²) in [5.41, 5.74) is 4.82. The fraction of sp³-hybridized carbons (Fsp3) is 0.167. The quantitative estimate of drug-likeness (QED) is 0.821. The molecule has 2 heteroatoms. The van der Waals surface area contributed by atoms with Crippen LogP contribution in [0.4, 0.5) is 0 Å². The average Bonchev–Trinajstić information content (AvgIpc) is 2.97. The minimum Gasteiger partial charge on any atom is -0.497 e. The van der Waals surface area contributed by atoms with Crippen molar-refractivity contribution in [3.8, 4) is 5.75 Å². The van der Waals surface area contributed by atoms with Gasteiger partial charge in [-0.1, -0.05) is 42.5 Å². The van der Waals surface area contributed by atoms with Crippen LogP contribution in [0.1, 0.15) is 17.5 Å². The molecule has 0 aromatic heterocycles. The number of hydrogen-bond acceptors (Lipinski definition) is 2. The van der Waals surface area contributed by atoms with Gasteiger partial charge in [0.05, 0.1) is 12.8 Å². The summed E-state index contributed by atoms with van der Waals surface area (Å²) in [4.78, 5) is 4.64. The molecule has 0 spiro atoms. The van der Waals surface area contributed by atoms with E-state index in [-0.39, 0.29) is 0 Å². The second kappa shape index (κ2) is 5.74. The lowest BCUT2D eigenvalue weighted by atomic mass is 10.00. The van der Waals surface area contributed by atoms with Crippen LogP contribution >= 0.6 is 0 Å². The smallest absolute Gasteiger partial charge is 0.118 e. The van der Waals surface area contributed by atoms with Crippen LogP contribution in [-0.4, -0.2) is 19.4 Å². The number of benzene rings is 2. The van der Waals surface area contributed by atoms with Crippen molar-refractivity contribution >= 4 is 11.8 Å². The lowest BCUT2D eigenvalue weighted by Gasteiger charge is -2.05. The van der Waals surface area contributed by atoms with Crippen molar-refractivity contribution in [2.24, 2.45) is 4.99 Å². The molecule has 2 nitrogen and oxygen atoms in total. The average molecular weight is 263 g/mol. The lowest BCUT2D eigenvalue weighted by Crippen LogP contribution is -1.99. The highest BCUT2D eigenvalue weighted by molar-refractivity contribution is 6.16. The van der Waals surface area contributed by atoms with Crippen LogP contribution in [0.2, 0.25) is 0 Å². The first-order valence-corrected chi connectivity index (χ1v) is 6.82. The van der Waals surface area contributed by atoms with E-state index in [1.54, 1.807) is 7.11 Å². The third kappa shape index (κ3) is 2.64. The molecule has 0 saturated heterocycles. The molecule has 1 aliphatic rings. The van der Waals surface area contributed by atoms with E-state index < -0.39 is 0 Å². The molecule has 0 atom stereocenters. The minimum absolute atomic E-state index is 0.881. The molecule has 0 N–H and O–H groups in total. The Morgan fingerprint density at radius 2 is 1.75 bits per heavy atom. The number of rotatable bonds is 3. The summed E-state index contributed by atoms with van der Waals surface area (Å²) in [6, 6.07) is 18.5. The predicted octanol–water partition coefficient (Wildman–Crippen LogP) is 3.97. The summed E-state index contributed by atoms with van der Waals surface area (Å²) < 4.78 is 5.19. The van der Waals surface area contributed by atoms with Crippen molar-refractivity contribution in [2.45, 2.75) is 6.42 Å². The second-order valence-electron chi connectivity index (χ2n) is 4.79. The van der Waals surface area contributed by atoms with E-state index in [1.807, 2.05) is 18.2 Å². The van der Waals surface area contributed by atoms with E-state index in [4.69, 9.17) is 4.74 Å². The van der Waals surface area contributed by atoms with Gasteiger partial charge in [-0.05, 0) is 41.3 Å². The SMILES string of the molecule is COc1ccc(/C=C2/CCN=C2c2ccccc2)cc1. The fourth-order valence-electron chi connectivity index (χ4n) is 2.42. The molecule has 100 valence electrons. The standard InChI is InChI=1S/C18H17NO/c1-20-17-9-7-14(8-10-17)13-16-11-12-19-18(16)15-5-3-2-4-6-15/h2-10,13H,11-12H2,1H3/b16-13-. The summed E-state index contributed by atoms with van der Waals surface area (Å²) in [6.07, 6.45) is 3.23. The van der Waals surface area contributed by atoms with Crippen LogP contribution in [0.15, 0.2) is 65.2 Å². The van der Waals surface area contributed by atoms with Crippen molar-refractivity contribution in [2.75, 3.05) is 13.7 Å². The molecule has 1 heterocycles. The highest BCUT2D eigenvalue weighted by Gasteiger charge is 2.14.